The second-order valence-corrected chi connectivity index (χ2v) is 6.28. The molecule has 0 aliphatic carbocycles. The molecule has 3 heterocycles. The fourth-order valence-corrected chi connectivity index (χ4v) is 2.65. The van der Waals surface area contributed by atoms with Crippen LogP contribution in [0, 0.1) is 0 Å². The highest BCUT2D eigenvalue weighted by Gasteiger charge is 2.38. The van der Waals surface area contributed by atoms with Crippen LogP contribution in [0.5, 0.6) is 0 Å². The molecule has 0 radical (unpaired) electrons. The Kier molecular flexibility index (Phi) is 3.95. The monoisotopic (exact) mass is 391 g/mol. The van der Waals surface area contributed by atoms with Gasteiger partial charge in [0.15, 0.2) is 5.69 Å². The van der Waals surface area contributed by atoms with Crippen LogP contribution in [0.15, 0.2) is 21.1 Å². The quantitative estimate of drug-likeness (QED) is 0.801. The molecular formula is C13H13BrF3N5O. The Bertz CT molecular complexity index is 712. The average Bonchev–Trinajstić information content (AvgIpc) is 2.87. The van der Waals surface area contributed by atoms with Crippen LogP contribution in [0.1, 0.15) is 17.5 Å². The van der Waals surface area contributed by atoms with Crippen molar-refractivity contribution in [3.63, 3.8) is 0 Å². The average molecular weight is 392 g/mol. The Morgan fingerprint density at radius 1 is 1.26 bits per heavy atom. The summed E-state index contributed by atoms with van der Waals surface area (Å²) in [6.07, 6.45) is -4.49. The molecule has 23 heavy (non-hydrogen) atoms. The number of rotatable bonds is 3. The molecule has 10 heteroatoms. The molecule has 1 aliphatic rings. The summed E-state index contributed by atoms with van der Waals surface area (Å²) in [5, 5.41) is 3.83. The molecule has 0 aromatic carbocycles. The number of hydrogen-bond donors (Lipinski definition) is 0. The standard InChI is InChI=1S/C13H13BrF3N5O/c1-21(2)12-19-11(23-20-12)7-5-22(6-7)9-4-3-8(14)10(18-9)13(15,16)17/h3-4,7H,5-6H2,1-2H3. The molecule has 2 aromatic heterocycles. The van der Waals surface area contributed by atoms with Crippen LogP contribution in [-0.4, -0.2) is 42.3 Å². The number of pyridine rings is 1. The smallest absolute Gasteiger partial charge is 0.355 e. The maximum Gasteiger partial charge on any atom is 0.434 e. The van der Waals surface area contributed by atoms with Crippen molar-refractivity contribution in [3.8, 4) is 0 Å². The van der Waals surface area contributed by atoms with Crippen molar-refractivity contribution in [1.29, 1.82) is 0 Å². The van der Waals surface area contributed by atoms with Gasteiger partial charge in [-0.3, -0.25) is 0 Å². The largest absolute Gasteiger partial charge is 0.434 e. The first-order chi connectivity index (χ1) is 10.8. The Labute approximate surface area is 138 Å². The van der Waals surface area contributed by atoms with Crippen LogP contribution in [-0.2, 0) is 6.18 Å². The minimum Gasteiger partial charge on any atom is -0.355 e. The zero-order valence-electron chi connectivity index (χ0n) is 12.3. The third-order valence-electron chi connectivity index (χ3n) is 3.49. The van der Waals surface area contributed by atoms with E-state index in [1.54, 1.807) is 30.0 Å². The van der Waals surface area contributed by atoms with Gasteiger partial charge in [0.1, 0.15) is 5.82 Å². The molecule has 0 amide bonds. The van der Waals surface area contributed by atoms with Gasteiger partial charge in [0.05, 0.1) is 5.92 Å². The summed E-state index contributed by atoms with van der Waals surface area (Å²) in [4.78, 5) is 11.4. The molecule has 3 rings (SSSR count). The first-order valence-corrected chi connectivity index (χ1v) is 7.54. The fraction of sp³-hybridized carbons (Fsp3) is 0.462. The fourth-order valence-electron chi connectivity index (χ4n) is 2.20. The molecule has 1 saturated heterocycles. The second kappa shape index (κ2) is 5.66. The molecule has 2 aromatic rings. The van der Waals surface area contributed by atoms with Crippen LogP contribution in [0.2, 0.25) is 0 Å². The maximum absolute atomic E-state index is 12.9. The first kappa shape index (κ1) is 16.0. The van der Waals surface area contributed by atoms with Gasteiger partial charge in [0.25, 0.3) is 5.95 Å². The van der Waals surface area contributed by atoms with Crippen molar-refractivity contribution in [3.05, 3.63) is 28.2 Å². The van der Waals surface area contributed by atoms with Crippen molar-refractivity contribution >= 4 is 27.7 Å². The minimum absolute atomic E-state index is 0.00372. The lowest BCUT2D eigenvalue weighted by Gasteiger charge is -2.38. The highest BCUT2D eigenvalue weighted by Crippen LogP contribution is 2.36. The predicted molar refractivity (Wildman–Crippen MR) is 80.5 cm³/mol. The molecule has 0 bridgehead atoms. The molecule has 0 atom stereocenters. The number of anilines is 2. The van der Waals surface area contributed by atoms with Crippen molar-refractivity contribution in [1.82, 2.24) is 15.1 Å². The second-order valence-electron chi connectivity index (χ2n) is 5.43. The van der Waals surface area contributed by atoms with Gasteiger partial charge < -0.3 is 14.3 Å². The topological polar surface area (TPSA) is 58.3 Å². The predicted octanol–water partition coefficient (Wildman–Crippen LogP) is 2.92. The van der Waals surface area contributed by atoms with Crippen molar-refractivity contribution < 1.29 is 17.7 Å². The first-order valence-electron chi connectivity index (χ1n) is 6.75. The number of halogens is 4. The number of alkyl halides is 3. The minimum atomic E-state index is -4.49. The zero-order chi connectivity index (χ0) is 16.8. The van der Waals surface area contributed by atoms with E-state index in [9.17, 15) is 13.2 Å². The third-order valence-corrected chi connectivity index (χ3v) is 4.13. The van der Waals surface area contributed by atoms with Crippen LogP contribution in [0.3, 0.4) is 0 Å². The van der Waals surface area contributed by atoms with E-state index >= 15 is 0 Å². The van der Waals surface area contributed by atoms with E-state index in [1.165, 1.54) is 6.07 Å². The summed E-state index contributed by atoms with van der Waals surface area (Å²) in [6.45, 7) is 0.974. The lowest BCUT2D eigenvalue weighted by atomic mass is 10.0. The van der Waals surface area contributed by atoms with E-state index in [-0.39, 0.29) is 16.2 Å². The SMILES string of the molecule is CN(C)c1noc(C2CN(c3ccc(Br)c(C(F)(F)F)n3)C2)n1. The van der Waals surface area contributed by atoms with E-state index in [0.717, 1.165) is 0 Å². The van der Waals surface area contributed by atoms with Crippen LogP contribution >= 0.6 is 15.9 Å². The summed E-state index contributed by atoms with van der Waals surface area (Å²) < 4.78 is 43.8. The highest BCUT2D eigenvalue weighted by molar-refractivity contribution is 9.10. The summed E-state index contributed by atoms with van der Waals surface area (Å²) in [7, 11) is 3.60. The molecular weight excluding hydrogens is 379 g/mol. The van der Waals surface area contributed by atoms with Gasteiger partial charge >= 0.3 is 6.18 Å². The Hall–Kier alpha value is -1.84. The lowest BCUT2D eigenvalue weighted by Crippen LogP contribution is -2.45. The van der Waals surface area contributed by atoms with Gasteiger partial charge in [-0.25, -0.2) is 4.98 Å². The van der Waals surface area contributed by atoms with Crippen LogP contribution in [0.4, 0.5) is 24.9 Å². The van der Waals surface area contributed by atoms with E-state index < -0.39 is 11.9 Å². The molecule has 0 N–H and O–H groups in total. The van der Waals surface area contributed by atoms with Crippen LogP contribution < -0.4 is 9.80 Å². The van der Waals surface area contributed by atoms with Crippen molar-refractivity contribution in [2.75, 3.05) is 37.0 Å². The number of aromatic nitrogens is 3. The number of hydrogen-bond acceptors (Lipinski definition) is 6. The molecule has 6 nitrogen and oxygen atoms in total. The lowest BCUT2D eigenvalue weighted by molar-refractivity contribution is -0.141. The molecule has 124 valence electrons. The van der Waals surface area contributed by atoms with Crippen molar-refractivity contribution in [2.24, 2.45) is 0 Å². The van der Waals surface area contributed by atoms with E-state index in [1.807, 2.05) is 0 Å². The number of nitrogens with zero attached hydrogens (tertiary/aromatic N) is 5. The zero-order valence-corrected chi connectivity index (χ0v) is 13.9. The normalized spacial score (nSPS) is 15.7. The van der Waals surface area contributed by atoms with E-state index in [4.69, 9.17) is 4.52 Å². The maximum atomic E-state index is 12.9. The Balaban J connectivity index is 1.72. The molecule has 0 spiro atoms. The van der Waals surface area contributed by atoms with Gasteiger partial charge in [-0.1, -0.05) is 0 Å². The summed E-state index contributed by atoms with van der Waals surface area (Å²) in [5.41, 5.74) is -0.925. The Morgan fingerprint density at radius 3 is 2.52 bits per heavy atom. The molecule has 1 aliphatic heterocycles. The van der Waals surface area contributed by atoms with E-state index in [0.29, 0.717) is 24.9 Å². The van der Waals surface area contributed by atoms with E-state index in [2.05, 4.69) is 31.1 Å². The Morgan fingerprint density at radius 2 is 1.96 bits per heavy atom. The molecule has 0 unspecified atom stereocenters. The van der Waals surface area contributed by atoms with Gasteiger partial charge in [0.2, 0.25) is 5.89 Å². The summed E-state index contributed by atoms with van der Waals surface area (Å²) in [5.74, 6) is 1.23. The van der Waals surface area contributed by atoms with Gasteiger partial charge in [-0.2, -0.15) is 18.2 Å². The third kappa shape index (κ3) is 3.12. The van der Waals surface area contributed by atoms with Gasteiger partial charge in [-0.15, -0.1) is 0 Å². The van der Waals surface area contributed by atoms with Gasteiger partial charge in [-0.05, 0) is 33.2 Å². The van der Waals surface area contributed by atoms with Crippen LogP contribution in [0.25, 0.3) is 0 Å². The molecule has 1 fully saturated rings. The summed E-state index contributed by atoms with van der Waals surface area (Å²) in [6, 6.07) is 2.91. The van der Waals surface area contributed by atoms with Crippen molar-refractivity contribution in [2.45, 2.75) is 12.1 Å². The summed E-state index contributed by atoms with van der Waals surface area (Å²) >= 11 is 2.88. The highest BCUT2D eigenvalue weighted by atomic mass is 79.9. The van der Waals surface area contributed by atoms with Gasteiger partial charge in [0, 0.05) is 31.7 Å². The molecule has 0 saturated carbocycles.